The fourth-order valence-corrected chi connectivity index (χ4v) is 3.22. The molecule has 4 nitrogen and oxygen atoms in total. The number of amides is 1. The highest BCUT2D eigenvalue weighted by atomic mass is 16.5. The maximum atomic E-state index is 12.4. The summed E-state index contributed by atoms with van der Waals surface area (Å²) in [5.74, 6) is 1.55. The largest absolute Gasteiger partial charge is 0.497 e. The lowest BCUT2D eigenvalue weighted by Crippen LogP contribution is -2.39. The van der Waals surface area contributed by atoms with Crippen LogP contribution in [0.25, 0.3) is 0 Å². The predicted molar refractivity (Wildman–Crippen MR) is 88.7 cm³/mol. The van der Waals surface area contributed by atoms with E-state index < -0.39 is 0 Å². The van der Waals surface area contributed by atoms with Crippen molar-refractivity contribution in [2.75, 3.05) is 20.2 Å². The Labute approximate surface area is 137 Å². The van der Waals surface area contributed by atoms with E-state index >= 15 is 0 Å². The lowest BCUT2D eigenvalue weighted by atomic mass is 9.91. The molecule has 1 aliphatic rings. The fourth-order valence-electron chi connectivity index (χ4n) is 3.22. The van der Waals surface area contributed by atoms with Gasteiger partial charge in [-0.05, 0) is 55.4 Å². The van der Waals surface area contributed by atoms with Crippen molar-refractivity contribution in [3.8, 4) is 5.75 Å². The third-order valence-corrected chi connectivity index (χ3v) is 4.57. The first kappa shape index (κ1) is 15.7. The molecule has 1 aromatic heterocycles. The second-order valence-electron chi connectivity index (χ2n) is 6.16. The summed E-state index contributed by atoms with van der Waals surface area (Å²) < 4.78 is 10.2. The molecule has 1 amide bonds. The Hall–Kier alpha value is -2.23. The van der Waals surface area contributed by atoms with Gasteiger partial charge in [0, 0.05) is 13.1 Å². The zero-order valence-electron chi connectivity index (χ0n) is 13.5. The molecule has 4 heteroatoms. The van der Waals surface area contributed by atoms with Crippen LogP contribution >= 0.6 is 0 Å². The van der Waals surface area contributed by atoms with Gasteiger partial charge >= 0.3 is 0 Å². The van der Waals surface area contributed by atoms with Crippen molar-refractivity contribution in [1.82, 2.24) is 4.90 Å². The highest BCUT2D eigenvalue weighted by Gasteiger charge is 2.24. The van der Waals surface area contributed by atoms with E-state index in [1.165, 1.54) is 18.2 Å². The third kappa shape index (κ3) is 3.95. The first-order chi connectivity index (χ1) is 11.3. The molecule has 0 bridgehead atoms. The molecular formula is C19H23NO3. The van der Waals surface area contributed by atoms with E-state index in [2.05, 4.69) is 12.1 Å². The van der Waals surface area contributed by atoms with E-state index in [0.717, 1.165) is 38.1 Å². The van der Waals surface area contributed by atoms with Crippen LogP contribution in [0.1, 0.15) is 35.2 Å². The molecule has 1 aliphatic heterocycles. The normalized spacial score (nSPS) is 18.0. The van der Waals surface area contributed by atoms with Crippen LogP contribution in [-0.2, 0) is 6.42 Å². The molecule has 1 atom stereocenters. The van der Waals surface area contributed by atoms with E-state index in [1.807, 2.05) is 17.0 Å². The molecule has 0 radical (unpaired) electrons. The zero-order valence-corrected chi connectivity index (χ0v) is 13.5. The van der Waals surface area contributed by atoms with Crippen molar-refractivity contribution < 1.29 is 13.9 Å². The van der Waals surface area contributed by atoms with Gasteiger partial charge in [0.15, 0.2) is 0 Å². The minimum Gasteiger partial charge on any atom is -0.497 e. The minimum atomic E-state index is 0.0906. The summed E-state index contributed by atoms with van der Waals surface area (Å²) >= 11 is 0. The molecule has 0 saturated carbocycles. The van der Waals surface area contributed by atoms with Crippen molar-refractivity contribution in [1.29, 1.82) is 0 Å². The molecule has 23 heavy (non-hydrogen) atoms. The van der Waals surface area contributed by atoms with Gasteiger partial charge in [-0.3, -0.25) is 4.79 Å². The summed E-state index contributed by atoms with van der Waals surface area (Å²) in [5.41, 5.74) is 1.98. The molecule has 1 fully saturated rings. The van der Waals surface area contributed by atoms with Gasteiger partial charge in [-0.1, -0.05) is 12.1 Å². The molecule has 122 valence electrons. The van der Waals surface area contributed by atoms with E-state index in [1.54, 1.807) is 19.4 Å². The number of hydrogen-bond acceptors (Lipinski definition) is 3. The fraction of sp³-hybridized carbons (Fsp3) is 0.421. The van der Waals surface area contributed by atoms with Crippen LogP contribution in [0, 0.1) is 5.92 Å². The molecule has 1 aromatic carbocycles. The van der Waals surface area contributed by atoms with Crippen LogP contribution in [0.15, 0.2) is 47.3 Å². The van der Waals surface area contributed by atoms with Crippen LogP contribution in [-0.4, -0.2) is 31.0 Å². The van der Waals surface area contributed by atoms with Crippen molar-refractivity contribution in [2.24, 2.45) is 5.92 Å². The second kappa shape index (κ2) is 7.36. The predicted octanol–water partition coefficient (Wildman–Crippen LogP) is 3.77. The number of ether oxygens (including phenoxy) is 1. The van der Waals surface area contributed by atoms with Crippen LogP contribution in [0.4, 0.5) is 0 Å². The number of methoxy groups -OCH3 is 1. The van der Waals surface area contributed by atoms with Crippen molar-refractivity contribution in [3.63, 3.8) is 0 Å². The number of furan rings is 1. The number of likely N-dealkylation sites (tertiary alicyclic amines) is 1. The summed E-state index contributed by atoms with van der Waals surface area (Å²) in [6.07, 6.45) is 7.52. The average molecular weight is 313 g/mol. The summed E-state index contributed by atoms with van der Waals surface area (Å²) in [6, 6.07) is 9.99. The lowest BCUT2D eigenvalue weighted by molar-refractivity contribution is 0.0667. The Bertz CT molecular complexity index is 619. The second-order valence-corrected chi connectivity index (χ2v) is 6.16. The highest BCUT2D eigenvalue weighted by molar-refractivity contribution is 5.93. The summed E-state index contributed by atoms with van der Waals surface area (Å²) in [7, 11) is 1.68. The van der Waals surface area contributed by atoms with Gasteiger partial charge in [0.2, 0.25) is 0 Å². The van der Waals surface area contributed by atoms with Crippen molar-refractivity contribution in [3.05, 3.63) is 54.0 Å². The quantitative estimate of drug-likeness (QED) is 0.844. The third-order valence-electron chi connectivity index (χ3n) is 4.57. The Morgan fingerprint density at radius 3 is 2.83 bits per heavy atom. The van der Waals surface area contributed by atoms with Crippen molar-refractivity contribution in [2.45, 2.75) is 25.7 Å². The van der Waals surface area contributed by atoms with Crippen molar-refractivity contribution >= 4 is 5.91 Å². The Balaban J connectivity index is 1.53. The number of hydrogen-bond donors (Lipinski definition) is 0. The first-order valence-corrected chi connectivity index (χ1v) is 8.20. The Morgan fingerprint density at radius 1 is 1.30 bits per heavy atom. The first-order valence-electron chi connectivity index (χ1n) is 8.20. The van der Waals surface area contributed by atoms with Gasteiger partial charge in [0.05, 0.1) is 18.9 Å². The molecule has 3 rings (SSSR count). The standard InChI is InChI=1S/C19H23NO3/c1-22-18-8-6-15(7-9-18)4-5-16-3-2-11-20(13-16)19(21)17-10-12-23-14-17/h6-10,12,14,16H,2-5,11,13H2,1H3/t16-/m0/s1. The number of carbonyl (C=O) groups is 1. The molecule has 0 spiro atoms. The van der Waals surface area contributed by atoms with Gasteiger partial charge < -0.3 is 14.1 Å². The zero-order chi connectivity index (χ0) is 16.1. The maximum absolute atomic E-state index is 12.4. The Kier molecular flexibility index (Phi) is 5.01. The van der Waals surface area contributed by atoms with Crippen LogP contribution in [0.5, 0.6) is 5.75 Å². The van der Waals surface area contributed by atoms with E-state index in [9.17, 15) is 4.79 Å². The number of piperidine rings is 1. The smallest absolute Gasteiger partial charge is 0.257 e. The van der Waals surface area contributed by atoms with Crippen LogP contribution < -0.4 is 4.74 Å². The average Bonchev–Trinajstić information content (AvgIpc) is 3.14. The molecule has 0 aliphatic carbocycles. The molecule has 2 heterocycles. The van der Waals surface area contributed by atoms with Crippen LogP contribution in [0.3, 0.4) is 0 Å². The van der Waals surface area contributed by atoms with E-state index in [-0.39, 0.29) is 5.91 Å². The van der Waals surface area contributed by atoms with Gasteiger partial charge in [0.25, 0.3) is 5.91 Å². The highest BCUT2D eigenvalue weighted by Crippen LogP contribution is 2.23. The van der Waals surface area contributed by atoms with Crippen LogP contribution in [0.2, 0.25) is 0 Å². The Morgan fingerprint density at radius 2 is 2.13 bits per heavy atom. The summed E-state index contributed by atoms with van der Waals surface area (Å²) in [6.45, 7) is 1.70. The van der Waals surface area contributed by atoms with E-state index in [4.69, 9.17) is 9.15 Å². The van der Waals surface area contributed by atoms with E-state index in [0.29, 0.717) is 11.5 Å². The summed E-state index contributed by atoms with van der Waals surface area (Å²) in [5, 5.41) is 0. The minimum absolute atomic E-state index is 0.0906. The van der Waals surface area contributed by atoms with Gasteiger partial charge in [0.1, 0.15) is 12.0 Å². The number of benzene rings is 1. The molecule has 0 unspecified atom stereocenters. The topological polar surface area (TPSA) is 42.7 Å². The van der Waals surface area contributed by atoms with Gasteiger partial charge in [-0.2, -0.15) is 0 Å². The number of nitrogens with zero attached hydrogens (tertiary/aromatic N) is 1. The number of rotatable bonds is 5. The van der Waals surface area contributed by atoms with Gasteiger partial charge in [-0.25, -0.2) is 0 Å². The maximum Gasteiger partial charge on any atom is 0.257 e. The lowest BCUT2D eigenvalue weighted by Gasteiger charge is -2.32. The summed E-state index contributed by atoms with van der Waals surface area (Å²) in [4.78, 5) is 14.4. The molecular weight excluding hydrogens is 290 g/mol. The van der Waals surface area contributed by atoms with Gasteiger partial charge in [-0.15, -0.1) is 0 Å². The molecule has 1 saturated heterocycles. The number of aryl methyl sites for hydroxylation is 1. The number of carbonyl (C=O) groups excluding carboxylic acids is 1. The monoisotopic (exact) mass is 313 g/mol. The molecule has 0 N–H and O–H groups in total. The molecule has 2 aromatic rings. The SMILES string of the molecule is COc1ccc(CC[C@@H]2CCCN(C(=O)c3ccoc3)C2)cc1.